The standard InChI is InChI=1S/Am.4H2O/h;4*1H2/q+4;;;;/p-4. The van der Waals surface area contributed by atoms with Gasteiger partial charge in [-0.25, -0.2) is 0 Å². The van der Waals surface area contributed by atoms with Crippen LogP contribution in [0.2, 0.25) is 0 Å². The van der Waals surface area contributed by atoms with E-state index >= 15 is 0 Å². The molecule has 0 bridgehead atoms. The van der Waals surface area contributed by atoms with Crippen LogP contribution in [0, 0.1) is 14.3 Å². The number of rotatable bonds is 0. The summed E-state index contributed by atoms with van der Waals surface area (Å²) >= 11 is 0. The maximum atomic E-state index is 0. The Morgan fingerprint density at radius 1 is 0.400 bits per heavy atom. The molecule has 0 saturated heterocycles. The van der Waals surface area contributed by atoms with Crippen molar-refractivity contribution in [1.82, 2.24) is 0 Å². The zero-order chi connectivity index (χ0) is 0. The normalized spacial score (nSPS) is 0. The van der Waals surface area contributed by atoms with E-state index in [4.69, 9.17) is 0 Å². The molecule has 4 nitrogen and oxygen atoms in total. The van der Waals surface area contributed by atoms with Gasteiger partial charge in [0.15, 0.2) is 0 Å². The van der Waals surface area contributed by atoms with E-state index in [1.807, 2.05) is 0 Å². The van der Waals surface area contributed by atoms with Gasteiger partial charge in [-0.15, -0.1) is 0 Å². The molecule has 0 rings (SSSR count). The Balaban J connectivity index is 0. The van der Waals surface area contributed by atoms with Crippen LogP contribution >= 0.6 is 0 Å². The minimum atomic E-state index is 0. The first-order valence-corrected chi connectivity index (χ1v) is 0. The van der Waals surface area contributed by atoms with Gasteiger partial charge in [-0.1, -0.05) is 0 Å². The third-order valence-electron chi connectivity index (χ3n) is 0. The summed E-state index contributed by atoms with van der Waals surface area (Å²) in [4.78, 5) is 0. The molecular formula is H4AmO4. The summed E-state index contributed by atoms with van der Waals surface area (Å²) in [6, 6.07) is 0. The van der Waals surface area contributed by atoms with E-state index in [9.17, 15) is 0 Å². The Morgan fingerprint density at radius 3 is 0.400 bits per heavy atom. The van der Waals surface area contributed by atoms with Crippen LogP contribution in [0.1, 0.15) is 0 Å². The second-order valence-electron chi connectivity index (χ2n) is 0. The van der Waals surface area contributed by atoms with Crippen molar-refractivity contribution in [1.29, 1.82) is 0 Å². The van der Waals surface area contributed by atoms with Crippen LogP contribution in [0.15, 0.2) is 0 Å². The molecule has 35 valence electrons. The largest absolute Gasteiger partial charge is 4.00 e. The zero-order valence-corrected chi connectivity index (χ0v) is 5.31. The van der Waals surface area contributed by atoms with E-state index < -0.39 is 0 Å². The van der Waals surface area contributed by atoms with Crippen molar-refractivity contribution >= 4 is 0 Å². The fraction of sp³-hybridized carbons (Fsp3) is 0. The molecule has 0 fully saturated rings. The summed E-state index contributed by atoms with van der Waals surface area (Å²) in [6.45, 7) is 0. The van der Waals surface area contributed by atoms with Crippen molar-refractivity contribution in [3.8, 4) is 0 Å². The maximum absolute atomic E-state index is 0. The van der Waals surface area contributed by atoms with Gasteiger partial charge in [0, 0.05) is 0 Å². The molecule has 0 aliphatic heterocycles. The molecule has 0 aromatic rings. The van der Waals surface area contributed by atoms with E-state index in [2.05, 4.69) is 0 Å². The second kappa shape index (κ2) is 837. The molecule has 0 aromatic carbocycles. The average molecular weight is 311 g/mol. The van der Waals surface area contributed by atoms with Gasteiger partial charge in [0.25, 0.3) is 0 Å². The maximum Gasteiger partial charge on any atom is 4.00 e. The van der Waals surface area contributed by atoms with Crippen LogP contribution in [-0.2, 0) is 0 Å². The van der Waals surface area contributed by atoms with Gasteiger partial charge in [-0.3, -0.25) is 0 Å². The minimum Gasteiger partial charge on any atom is -0.870 e. The van der Waals surface area contributed by atoms with E-state index in [1.165, 1.54) is 0 Å². The molecule has 0 amide bonds. The topological polar surface area (TPSA) is 120 Å². The van der Waals surface area contributed by atoms with Crippen molar-refractivity contribution in [2.75, 3.05) is 0 Å². The summed E-state index contributed by atoms with van der Waals surface area (Å²) < 4.78 is 0. The monoisotopic (exact) mass is 309 g/mol. The third kappa shape index (κ3) is 399. The van der Waals surface area contributed by atoms with E-state index in [1.54, 1.807) is 0 Å². The van der Waals surface area contributed by atoms with Crippen molar-refractivity contribution in [2.45, 2.75) is 0 Å². The van der Waals surface area contributed by atoms with Crippen molar-refractivity contribution in [3.63, 3.8) is 0 Å². The summed E-state index contributed by atoms with van der Waals surface area (Å²) in [7, 11) is 0. The van der Waals surface area contributed by atoms with Crippen LogP contribution in [0.4, 0.5) is 0 Å². The third-order valence-corrected chi connectivity index (χ3v) is 0. The van der Waals surface area contributed by atoms with Crippen molar-refractivity contribution in [3.05, 3.63) is 0 Å². The van der Waals surface area contributed by atoms with Crippen LogP contribution in [0.25, 0.3) is 0 Å². The molecule has 0 aliphatic carbocycles. The first-order valence-electron chi connectivity index (χ1n) is 0. The minimum absolute atomic E-state index is 0. The van der Waals surface area contributed by atoms with Crippen LogP contribution in [0.3, 0.4) is 0 Å². The summed E-state index contributed by atoms with van der Waals surface area (Å²) in [5.74, 6) is 0. The first-order chi connectivity index (χ1) is 0. The molecule has 1 radical (unpaired) electrons. The van der Waals surface area contributed by atoms with Gasteiger partial charge >= 0.3 is 14.3 Å². The van der Waals surface area contributed by atoms with Gasteiger partial charge in [0.1, 0.15) is 0 Å². The average Bonchev–Trinajstić information content (AvgIpc) is 0. The van der Waals surface area contributed by atoms with Crippen molar-refractivity contribution in [2.24, 2.45) is 0 Å². The van der Waals surface area contributed by atoms with Gasteiger partial charge in [0.2, 0.25) is 0 Å². The van der Waals surface area contributed by atoms with E-state index in [0.29, 0.717) is 0 Å². The van der Waals surface area contributed by atoms with Gasteiger partial charge in [-0.05, 0) is 0 Å². The fourth-order valence-electron chi connectivity index (χ4n) is 0. The molecule has 0 spiro atoms. The fourth-order valence-corrected chi connectivity index (χ4v) is 0. The van der Waals surface area contributed by atoms with Crippen LogP contribution < -0.4 is 0 Å². The first kappa shape index (κ1) is 1770. The molecule has 0 heterocycles. The molecule has 0 aliphatic rings. The molecule has 5 heavy (non-hydrogen) atoms. The SMILES string of the molecule is [Am+4].[OH-].[OH-].[OH-].[OH-]. The Morgan fingerprint density at radius 2 is 0.400 bits per heavy atom. The van der Waals surface area contributed by atoms with E-state index in [-0.39, 0.29) is 36.2 Å². The Kier molecular flexibility index (Phi) is 297000. The Hall–Kier alpha value is 0.230. The smallest absolute Gasteiger partial charge is 0.870 e. The molecular weight excluding hydrogens is 307 g/mol. The van der Waals surface area contributed by atoms with Gasteiger partial charge in [-0.2, -0.15) is 0 Å². The van der Waals surface area contributed by atoms with Crippen LogP contribution in [0.5, 0.6) is 0 Å². The summed E-state index contributed by atoms with van der Waals surface area (Å²) in [6.07, 6.45) is 0. The summed E-state index contributed by atoms with van der Waals surface area (Å²) in [5, 5.41) is 0. The molecule has 0 unspecified atom stereocenters. The van der Waals surface area contributed by atoms with E-state index in [0.717, 1.165) is 0 Å². The second-order valence-corrected chi connectivity index (χ2v) is 0. The predicted octanol–water partition coefficient (Wildman–Crippen LogP) is -0.707. The van der Waals surface area contributed by atoms with Crippen LogP contribution in [-0.4, -0.2) is 21.9 Å². The van der Waals surface area contributed by atoms with Crippen molar-refractivity contribution < 1.29 is 36.2 Å². The molecule has 0 aromatic heterocycles. The molecule has 4 N–H and O–H groups in total. The molecule has 5 heteroatoms. The van der Waals surface area contributed by atoms with Gasteiger partial charge in [0.05, 0.1) is 0 Å². The predicted molar refractivity (Wildman–Crippen MR) is 7.74 cm³/mol. The zero-order valence-electron chi connectivity index (χ0n) is 2.17. The quantitative estimate of drug-likeness (QED) is 0.587. The number of hydrogen-bond donors (Lipinski definition) is 0. The molecule has 0 atom stereocenters. The molecule has 0 saturated carbocycles. The Bertz CT molecular complexity index is 3.61. The number of hydrogen-bond acceptors (Lipinski definition) is 4. The Labute approximate surface area is 37.2 Å². The van der Waals surface area contributed by atoms with Gasteiger partial charge < -0.3 is 21.9 Å². The summed E-state index contributed by atoms with van der Waals surface area (Å²) in [5.41, 5.74) is 0.